The van der Waals surface area contributed by atoms with Gasteiger partial charge in [-0.2, -0.15) is 0 Å². The summed E-state index contributed by atoms with van der Waals surface area (Å²) >= 11 is 0. The molecule has 20 heavy (non-hydrogen) atoms. The second-order valence-electron chi connectivity index (χ2n) is 6.19. The highest BCUT2D eigenvalue weighted by Crippen LogP contribution is 2.49. The standard InChI is InChI=1S/C16H19F3O/c1-9-4-10-2-3-12(10)16(20-8-9)11-5-14(18)13(7-17)15(19)6-11/h5-6,9-10,12,16H,2-4,7-8H2,1H3/t9?,10-,12-,16?/m1/s1. The molecule has 2 aliphatic rings. The lowest BCUT2D eigenvalue weighted by molar-refractivity contribution is -0.0241. The largest absolute Gasteiger partial charge is 0.373 e. The van der Waals surface area contributed by atoms with Crippen LogP contribution in [0.25, 0.3) is 0 Å². The zero-order valence-electron chi connectivity index (χ0n) is 11.5. The summed E-state index contributed by atoms with van der Waals surface area (Å²) in [6.45, 7) is 1.64. The molecule has 2 unspecified atom stereocenters. The van der Waals surface area contributed by atoms with Gasteiger partial charge in [0.05, 0.1) is 11.7 Å². The third-order valence-electron chi connectivity index (χ3n) is 4.76. The van der Waals surface area contributed by atoms with Gasteiger partial charge in [0.25, 0.3) is 0 Å². The number of ether oxygens (including phenoxy) is 1. The van der Waals surface area contributed by atoms with Crippen molar-refractivity contribution in [3.05, 3.63) is 34.9 Å². The number of alkyl halides is 1. The molecule has 0 spiro atoms. The maximum atomic E-state index is 13.8. The molecule has 0 N–H and O–H groups in total. The van der Waals surface area contributed by atoms with Crippen LogP contribution in [0.4, 0.5) is 13.2 Å². The summed E-state index contributed by atoms with van der Waals surface area (Å²) < 4.78 is 46.0. The maximum absolute atomic E-state index is 13.8. The van der Waals surface area contributed by atoms with Crippen LogP contribution in [0.3, 0.4) is 0 Å². The van der Waals surface area contributed by atoms with E-state index in [4.69, 9.17) is 4.74 Å². The van der Waals surface area contributed by atoms with Crippen molar-refractivity contribution in [2.24, 2.45) is 17.8 Å². The van der Waals surface area contributed by atoms with Gasteiger partial charge in [-0.05, 0) is 54.7 Å². The van der Waals surface area contributed by atoms with E-state index in [9.17, 15) is 13.2 Å². The van der Waals surface area contributed by atoms with Crippen LogP contribution >= 0.6 is 0 Å². The topological polar surface area (TPSA) is 9.23 Å². The van der Waals surface area contributed by atoms with E-state index >= 15 is 0 Å². The van der Waals surface area contributed by atoms with Crippen molar-refractivity contribution in [3.63, 3.8) is 0 Å². The zero-order valence-corrected chi connectivity index (χ0v) is 11.5. The van der Waals surface area contributed by atoms with E-state index in [1.165, 1.54) is 18.6 Å². The maximum Gasteiger partial charge on any atom is 0.132 e. The monoisotopic (exact) mass is 284 g/mol. The van der Waals surface area contributed by atoms with E-state index in [2.05, 4.69) is 6.92 Å². The van der Waals surface area contributed by atoms with Gasteiger partial charge in [0.1, 0.15) is 18.3 Å². The Morgan fingerprint density at radius 2 is 1.90 bits per heavy atom. The van der Waals surface area contributed by atoms with E-state index < -0.39 is 23.9 Å². The average Bonchev–Trinajstić information content (AvgIpc) is 2.48. The minimum atomic E-state index is -1.12. The molecule has 0 radical (unpaired) electrons. The van der Waals surface area contributed by atoms with Crippen LogP contribution in [0, 0.1) is 29.4 Å². The Kier molecular flexibility index (Phi) is 3.76. The second kappa shape index (κ2) is 5.40. The van der Waals surface area contributed by atoms with Gasteiger partial charge in [-0.3, -0.25) is 0 Å². The first-order chi connectivity index (χ1) is 9.60. The van der Waals surface area contributed by atoms with Crippen LogP contribution in [-0.4, -0.2) is 6.61 Å². The van der Waals surface area contributed by atoms with Gasteiger partial charge in [0, 0.05) is 6.61 Å². The molecule has 0 bridgehead atoms. The van der Waals surface area contributed by atoms with Crippen molar-refractivity contribution in [1.29, 1.82) is 0 Å². The van der Waals surface area contributed by atoms with Crippen molar-refractivity contribution < 1.29 is 17.9 Å². The van der Waals surface area contributed by atoms with Crippen molar-refractivity contribution in [3.8, 4) is 0 Å². The molecule has 1 heterocycles. The summed E-state index contributed by atoms with van der Waals surface area (Å²) in [4.78, 5) is 0. The Labute approximate surface area is 117 Å². The minimum Gasteiger partial charge on any atom is -0.373 e. The number of hydrogen-bond acceptors (Lipinski definition) is 1. The molecule has 2 fully saturated rings. The predicted octanol–water partition coefficient (Wildman–Crippen LogP) is 4.56. The number of halogens is 3. The second-order valence-corrected chi connectivity index (χ2v) is 6.19. The molecule has 3 rings (SSSR count). The fourth-order valence-electron chi connectivity index (χ4n) is 3.52. The highest BCUT2D eigenvalue weighted by Gasteiger charge is 2.41. The molecule has 110 valence electrons. The van der Waals surface area contributed by atoms with Crippen LogP contribution < -0.4 is 0 Å². The van der Waals surface area contributed by atoms with E-state index in [0.29, 0.717) is 29.9 Å². The van der Waals surface area contributed by atoms with Gasteiger partial charge in [-0.25, -0.2) is 13.2 Å². The first-order valence-corrected chi connectivity index (χ1v) is 7.25. The summed E-state index contributed by atoms with van der Waals surface area (Å²) in [5.41, 5.74) is 0.0295. The van der Waals surface area contributed by atoms with Gasteiger partial charge in [-0.15, -0.1) is 0 Å². The van der Waals surface area contributed by atoms with Gasteiger partial charge in [0.2, 0.25) is 0 Å². The zero-order chi connectivity index (χ0) is 14.3. The molecule has 1 nitrogen and oxygen atoms in total. The van der Waals surface area contributed by atoms with Crippen LogP contribution in [0.2, 0.25) is 0 Å². The van der Waals surface area contributed by atoms with E-state index in [0.717, 1.165) is 12.8 Å². The molecule has 0 amide bonds. The smallest absolute Gasteiger partial charge is 0.132 e. The van der Waals surface area contributed by atoms with Gasteiger partial charge < -0.3 is 4.74 Å². The quantitative estimate of drug-likeness (QED) is 0.773. The SMILES string of the molecule is CC1COC(c2cc(F)c(CF)c(F)c2)[C@@H]2CC[C@@H]2C1. The Bertz CT molecular complexity index is 479. The summed E-state index contributed by atoms with van der Waals surface area (Å²) in [5, 5.41) is 0. The molecular formula is C16H19F3O. The molecule has 1 aromatic rings. The number of fused-ring (bicyclic) bond motifs is 1. The molecule has 1 aliphatic heterocycles. The fraction of sp³-hybridized carbons (Fsp3) is 0.625. The normalized spacial score (nSPS) is 33.2. The van der Waals surface area contributed by atoms with Crippen molar-refractivity contribution in [1.82, 2.24) is 0 Å². The Morgan fingerprint density at radius 3 is 2.45 bits per heavy atom. The van der Waals surface area contributed by atoms with Crippen molar-refractivity contribution in [2.45, 2.75) is 39.0 Å². The lowest BCUT2D eigenvalue weighted by atomic mass is 9.67. The molecule has 4 atom stereocenters. The first-order valence-electron chi connectivity index (χ1n) is 7.25. The molecule has 1 saturated carbocycles. The predicted molar refractivity (Wildman–Crippen MR) is 69.9 cm³/mol. The third kappa shape index (κ3) is 2.34. The minimum absolute atomic E-state index is 0.253. The number of rotatable bonds is 2. The van der Waals surface area contributed by atoms with Crippen LogP contribution in [0.5, 0.6) is 0 Å². The van der Waals surface area contributed by atoms with E-state index in [-0.39, 0.29) is 6.10 Å². The van der Waals surface area contributed by atoms with Gasteiger partial charge >= 0.3 is 0 Å². The molecule has 1 aromatic carbocycles. The average molecular weight is 284 g/mol. The lowest BCUT2D eigenvalue weighted by Gasteiger charge is -2.40. The van der Waals surface area contributed by atoms with Crippen LogP contribution in [0.15, 0.2) is 12.1 Å². The third-order valence-corrected chi connectivity index (χ3v) is 4.76. The van der Waals surface area contributed by atoms with E-state index in [1.54, 1.807) is 0 Å². The molecule has 1 saturated heterocycles. The highest BCUT2D eigenvalue weighted by atomic mass is 19.1. The van der Waals surface area contributed by atoms with Crippen molar-refractivity contribution >= 4 is 0 Å². The Hall–Kier alpha value is -1.03. The summed E-state index contributed by atoms with van der Waals surface area (Å²) in [5.74, 6) is -0.203. The first kappa shape index (κ1) is 13.9. The molecular weight excluding hydrogens is 265 g/mol. The number of benzene rings is 1. The highest BCUT2D eigenvalue weighted by molar-refractivity contribution is 5.28. The van der Waals surface area contributed by atoms with E-state index in [1.807, 2.05) is 0 Å². The molecule has 0 aromatic heterocycles. The summed E-state index contributed by atoms with van der Waals surface area (Å²) in [7, 11) is 0. The van der Waals surface area contributed by atoms with Gasteiger partial charge in [0.15, 0.2) is 0 Å². The number of hydrogen-bond donors (Lipinski definition) is 0. The summed E-state index contributed by atoms with van der Waals surface area (Å²) in [6.07, 6.45) is 3.07. The lowest BCUT2D eigenvalue weighted by Crippen LogP contribution is -2.31. The van der Waals surface area contributed by atoms with Crippen LogP contribution in [-0.2, 0) is 11.4 Å². The van der Waals surface area contributed by atoms with Crippen LogP contribution in [0.1, 0.15) is 43.4 Å². The molecule has 1 aliphatic carbocycles. The van der Waals surface area contributed by atoms with Gasteiger partial charge in [-0.1, -0.05) is 6.92 Å². The Morgan fingerprint density at radius 1 is 1.20 bits per heavy atom. The molecule has 4 heteroatoms. The van der Waals surface area contributed by atoms with Crippen molar-refractivity contribution in [2.75, 3.05) is 6.61 Å². The summed E-state index contributed by atoms with van der Waals surface area (Å²) in [6, 6.07) is 2.49. The fourth-order valence-corrected chi connectivity index (χ4v) is 3.52. The Balaban J connectivity index is 1.91.